The number of aromatic carboxylic acids is 1. The number of carbonyl (C=O) groups is 1. The molecular weight excluding hydrogens is 397 g/mol. The number of anilines is 1. The molecule has 29 heavy (non-hydrogen) atoms. The minimum atomic E-state index is -3.49. The standard InChI is InChI=1S/C20H20FN3O4S/c1-12-4-3-9-24(29(2,27)28)16-10-17-22-18(13-5-7-14(21)8-6-13)19(20(25)26)23(17)11-15(12)16/h5-8,10-12H,3-4,9H2,1-2H3,(H,25,26). The first kappa shape index (κ1) is 19.4. The average Bonchev–Trinajstić information content (AvgIpc) is 2.93. The van der Waals surface area contributed by atoms with E-state index in [0.29, 0.717) is 29.9 Å². The zero-order valence-electron chi connectivity index (χ0n) is 16.0. The van der Waals surface area contributed by atoms with Gasteiger partial charge in [-0.05, 0) is 48.6 Å². The lowest BCUT2D eigenvalue weighted by molar-refractivity contribution is 0.0690. The quantitative estimate of drug-likeness (QED) is 0.704. The minimum absolute atomic E-state index is 0.0447. The Morgan fingerprint density at radius 2 is 1.97 bits per heavy atom. The maximum atomic E-state index is 13.3. The van der Waals surface area contributed by atoms with Crippen molar-refractivity contribution < 1.29 is 22.7 Å². The maximum absolute atomic E-state index is 13.3. The number of nitrogens with zero attached hydrogens (tertiary/aromatic N) is 3. The molecule has 152 valence electrons. The Kier molecular flexibility index (Phi) is 4.57. The van der Waals surface area contributed by atoms with Crippen LogP contribution in [0.4, 0.5) is 10.1 Å². The second kappa shape index (κ2) is 6.84. The molecule has 1 aromatic carbocycles. The summed E-state index contributed by atoms with van der Waals surface area (Å²) in [5, 5.41) is 9.83. The topological polar surface area (TPSA) is 92.0 Å². The molecule has 0 fully saturated rings. The molecule has 9 heteroatoms. The number of hydrogen-bond donors (Lipinski definition) is 1. The van der Waals surface area contributed by atoms with Crippen LogP contribution in [0.2, 0.25) is 0 Å². The van der Waals surface area contributed by atoms with Gasteiger partial charge in [-0.1, -0.05) is 6.92 Å². The van der Waals surface area contributed by atoms with E-state index in [1.807, 2.05) is 6.92 Å². The first-order chi connectivity index (χ1) is 13.7. The summed E-state index contributed by atoms with van der Waals surface area (Å²) in [6, 6.07) is 7.05. The summed E-state index contributed by atoms with van der Waals surface area (Å²) < 4.78 is 40.8. The average molecular weight is 417 g/mol. The highest BCUT2D eigenvalue weighted by molar-refractivity contribution is 7.92. The fraction of sp³-hybridized carbons (Fsp3) is 0.300. The number of aromatic nitrogens is 2. The van der Waals surface area contributed by atoms with Crippen molar-refractivity contribution in [2.75, 3.05) is 17.1 Å². The molecule has 0 aliphatic carbocycles. The molecule has 0 spiro atoms. The van der Waals surface area contributed by atoms with Gasteiger partial charge >= 0.3 is 5.97 Å². The van der Waals surface area contributed by atoms with Crippen molar-refractivity contribution in [3.05, 3.63) is 53.6 Å². The molecule has 0 radical (unpaired) electrons. The second-order valence-electron chi connectivity index (χ2n) is 7.34. The number of carboxylic acids is 1. The van der Waals surface area contributed by atoms with E-state index < -0.39 is 21.8 Å². The van der Waals surface area contributed by atoms with Crippen LogP contribution in [0.15, 0.2) is 36.5 Å². The molecule has 7 nitrogen and oxygen atoms in total. The SMILES string of the molecule is CC1CCCN(S(C)(=O)=O)c2cc3nc(-c4ccc(F)cc4)c(C(=O)O)n3cc21. The van der Waals surface area contributed by atoms with Gasteiger partial charge in [0.15, 0.2) is 5.69 Å². The molecule has 1 N–H and O–H groups in total. The van der Waals surface area contributed by atoms with Crippen LogP contribution in [-0.4, -0.2) is 41.7 Å². The van der Waals surface area contributed by atoms with Gasteiger partial charge in [0.1, 0.15) is 17.2 Å². The molecule has 0 amide bonds. The van der Waals surface area contributed by atoms with E-state index in [2.05, 4.69) is 4.98 Å². The molecule has 1 aliphatic heterocycles. The van der Waals surface area contributed by atoms with Gasteiger partial charge in [-0.25, -0.2) is 22.6 Å². The van der Waals surface area contributed by atoms with Gasteiger partial charge in [0.25, 0.3) is 0 Å². The van der Waals surface area contributed by atoms with Crippen LogP contribution in [0.25, 0.3) is 16.9 Å². The summed E-state index contributed by atoms with van der Waals surface area (Å²) >= 11 is 0. The second-order valence-corrected chi connectivity index (χ2v) is 9.25. The summed E-state index contributed by atoms with van der Waals surface area (Å²) in [5.41, 5.74) is 2.23. The fourth-order valence-corrected chi connectivity index (χ4v) is 4.84. The van der Waals surface area contributed by atoms with Gasteiger partial charge in [-0.2, -0.15) is 0 Å². The highest BCUT2D eigenvalue weighted by Gasteiger charge is 2.29. The van der Waals surface area contributed by atoms with Crippen molar-refractivity contribution >= 4 is 27.3 Å². The third-order valence-electron chi connectivity index (χ3n) is 5.29. The Labute approximate surface area is 167 Å². The summed E-state index contributed by atoms with van der Waals surface area (Å²) in [5.74, 6) is -1.55. The maximum Gasteiger partial charge on any atom is 0.355 e. The van der Waals surface area contributed by atoms with Crippen LogP contribution in [0.3, 0.4) is 0 Å². The molecule has 2 aromatic heterocycles. The number of carboxylic acid groups (broad SMARTS) is 1. The van der Waals surface area contributed by atoms with Gasteiger partial charge in [-0.15, -0.1) is 0 Å². The van der Waals surface area contributed by atoms with Crippen LogP contribution in [0.1, 0.15) is 41.7 Å². The minimum Gasteiger partial charge on any atom is -0.476 e. The van der Waals surface area contributed by atoms with E-state index in [1.165, 1.54) is 33.0 Å². The lowest BCUT2D eigenvalue weighted by Crippen LogP contribution is -2.30. The van der Waals surface area contributed by atoms with Gasteiger partial charge in [0, 0.05) is 24.4 Å². The monoisotopic (exact) mass is 417 g/mol. The van der Waals surface area contributed by atoms with Crippen LogP contribution in [0.5, 0.6) is 0 Å². The smallest absolute Gasteiger partial charge is 0.355 e. The van der Waals surface area contributed by atoms with Crippen LogP contribution >= 0.6 is 0 Å². The lowest BCUT2D eigenvalue weighted by Gasteiger charge is -2.23. The summed E-state index contributed by atoms with van der Waals surface area (Å²) in [4.78, 5) is 16.5. The predicted molar refractivity (Wildman–Crippen MR) is 107 cm³/mol. The van der Waals surface area contributed by atoms with Crippen molar-refractivity contribution in [1.82, 2.24) is 9.38 Å². The van der Waals surface area contributed by atoms with Gasteiger partial charge in [-0.3, -0.25) is 8.71 Å². The number of imidazole rings is 1. The largest absolute Gasteiger partial charge is 0.476 e. The number of fused-ring (bicyclic) bond motifs is 2. The third kappa shape index (κ3) is 3.35. The number of halogens is 1. The van der Waals surface area contributed by atoms with Gasteiger partial charge < -0.3 is 5.11 Å². The number of pyridine rings is 1. The highest BCUT2D eigenvalue weighted by atomic mass is 32.2. The Bertz CT molecular complexity index is 1220. The van der Waals surface area contributed by atoms with Crippen LogP contribution in [0, 0.1) is 5.82 Å². The first-order valence-corrected chi connectivity index (χ1v) is 11.0. The van der Waals surface area contributed by atoms with Crippen molar-refractivity contribution in [3.63, 3.8) is 0 Å². The van der Waals surface area contributed by atoms with E-state index in [-0.39, 0.29) is 17.3 Å². The Morgan fingerprint density at radius 1 is 1.28 bits per heavy atom. The molecule has 1 aliphatic rings. The van der Waals surface area contributed by atoms with Crippen molar-refractivity contribution in [2.24, 2.45) is 0 Å². The first-order valence-electron chi connectivity index (χ1n) is 9.19. The molecule has 0 bridgehead atoms. The molecule has 4 rings (SSSR count). The molecular formula is C20H20FN3O4S. The Hall–Kier alpha value is -2.94. The van der Waals surface area contributed by atoms with E-state index >= 15 is 0 Å². The van der Waals surface area contributed by atoms with Gasteiger partial charge in [0.05, 0.1) is 11.9 Å². The number of rotatable bonds is 3. The molecule has 1 atom stereocenters. The van der Waals surface area contributed by atoms with Crippen molar-refractivity contribution in [3.8, 4) is 11.3 Å². The highest BCUT2D eigenvalue weighted by Crippen LogP contribution is 2.37. The molecule has 0 saturated heterocycles. The van der Waals surface area contributed by atoms with Crippen molar-refractivity contribution in [2.45, 2.75) is 25.7 Å². The summed E-state index contributed by atoms with van der Waals surface area (Å²) in [6.07, 6.45) is 4.32. The fourth-order valence-electron chi connectivity index (χ4n) is 3.86. The molecule has 0 saturated carbocycles. The third-order valence-corrected chi connectivity index (χ3v) is 6.47. The van der Waals surface area contributed by atoms with E-state index in [9.17, 15) is 22.7 Å². The zero-order chi connectivity index (χ0) is 20.9. The van der Waals surface area contributed by atoms with Gasteiger partial charge in [0.2, 0.25) is 10.0 Å². The lowest BCUT2D eigenvalue weighted by atomic mass is 9.98. The van der Waals surface area contributed by atoms with Crippen LogP contribution < -0.4 is 4.31 Å². The van der Waals surface area contributed by atoms with Crippen molar-refractivity contribution in [1.29, 1.82) is 0 Å². The number of benzene rings is 1. The van der Waals surface area contributed by atoms with Crippen LogP contribution in [-0.2, 0) is 10.0 Å². The zero-order valence-corrected chi connectivity index (χ0v) is 16.8. The molecule has 1 unspecified atom stereocenters. The Balaban J connectivity index is 2.02. The number of sulfonamides is 1. The molecule has 3 aromatic rings. The summed E-state index contributed by atoms with van der Waals surface area (Å²) in [7, 11) is -3.49. The summed E-state index contributed by atoms with van der Waals surface area (Å²) in [6.45, 7) is 2.36. The van der Waals surface area contributed by atoms with E-state index in [0.717, 1.165) is 18.2 Å². The Morgan fingerprint density at radius 3 is 2.59 bits per heavy atom. The predicted octanol–water partition coefficient (Wildman–Crippen LogP) is 3.50. The molecule has 3 heterocycles. The number of hydrogen-bond acceptors (Lipinski definition) is 4. The van der Waals surface area contributed by atoms with E-state index in [4.69, 9.17) is 0 Å². The normalized spacial score (nSPS) is 17.2. The van der Waals surface area contributed by atoms with E-state index in [1.54, 1.807) is 12.3 Å².